The van der Waals surface area contributed by atoms with E-state index in [1.807, 2.05) is 0 Å². The first-order chi connectivity index (χ1) is 15.7. The van der Waals surface area contributed by atoms with Crippen LogP contribution in [0.1, 0.15) is 32.6 Å². The van der Waals surface area contributed by atoms with Gasteiger partial charge in [-0.15, -0.1) is 0 Å². The van der Waals surface area contributed by atoms with Gasteiger partial charge in [-0.2, -0.15) is 13.2 Å². The molecule has 0 bridgehead atoms. The van der Waals surface area contributed by atoms with Crippen LogP contribution < -0.4 is 10.6 Å². The fraction of sp³-hybridized carbons (Fsp3) is 0.125. The van der Waals surface area contributed by atoms with Gasteiger partial charge in [-0.1, -0.05) is 34.1 Å². The summed E-state index contributed by atoms with van der Waals surface area (Å²) >= 11 is 3.03. The van der Waals surface area contributed by atoms with Gasteiger partial charge in [0.1, 0.15) is 0 Å². The molecule has 170 valence electrons. The molecule has 9 heteroatoms. The topological polar surface area (TPSA) is 71.1 Å². The van der Waals surface area contributed by atoms with Crippen LogP contribution >= 0.6 is 15.9 Å². The predicted molar refractivity (Wildman–Crippen MR) is 125 cm³/mol. The van der Waals surface area contributed by atoms with Gasteiger partial charge < -0.3 is 10.6 Å². The molecule has 33 heavy (non-hydrogen) atoms. The summed E-state index contributed by atoms with van der Waals surface area (Å²) in [6.07, 6.45) is 1.62. The maximum Gasteiger partial charge on any atom is 0.416 e. The van der Waals surface area contributed by atoms with Gasteiger partial charge in [-0.05, 0) is 60.0 Å². The van der Waals surface area contributed by atoms with Gasteiger partial charge in [0.25, 0.3) is 5.91 Å². The van der Waals surface area contributed by atoms with Crippen molar-refractivity contribution < 1.29 is 22.8 Å². The van der Waals surface area contributed by atoms with Crippen LogP contribution in [-0.2, 0) is 16.3 Å². The van der Waals surface area contributed by atoms with Gasteiger partial charge in [-0.3, -0.25) is 14.6 Å². The van der Waals surface area contributed by atoms with E-state index in [0.717, 1.165) is 17.2 Å². The first kappa shape index (κ1) is 24.2. The van der Waals surface area contributed by atoms with Gasteiger partial charge in [0, 0.05) is 40.7 Å². The van der Waals surface area contributed by atoms with E-state index in [9.17, 15) is 22.8 Å². The molecule has 3 aromatic rings. The number of hydrogen-bond donors (Lipinski definition) is 2. The molecule has 0 aliphatic rings. The molecule has 1 aromatic heterocycles. The highest BCUT2D eigenvalue weighted by molar-refractivity contribution is 9.08. The molecule has 3 rings (SSSR count). The number of aromatic nitrogens is 1. The minimum atomic E-state index is -4.58. The van der Waals surface area contributed by atoms with Crippen LogP contribution in [0.5, 0.6) is 0 Å². The standard InChI is InChI=1S/C24H19BrF3N3O2/c1-15-4-8-19(12-21(15)31-22(32)9-5-16-3-2-10-29-14-16)30-23(33)17-6-7-18(13-25)20(11-17)24(26,27)28/h2-12,14H,13H2,1H3,(H,30,33)(H,31,32)/b9-5+. The number of benzene rings is 2. The zero-order valence-electron chi connectivity index (χ0n) is 17.4. The average molecular weight is 518 g/mol. The van der Waals surface area contributed by atoms with E-state index in [1.165, 1.54) is 18.2 Å². The fourth-order valence-electron chi connectivity index (χ4n) is 2.96. The summed E-state index contributed by atoms with van der Waals surface area (Å²) in [5.74, 6) is -1.08. The summed E-state index contributed by atoms with van der Waals surface area (Å²) in [6, 6.07) is 11.8. The summed E-state index contributed by atoms with van der Waals surface area (Å²) in [6.45, 7) is 1.78. The summed E-state index contributed by atoms with van der Waals surface area (Å²) < 4.78 is 39.9. The van der Waals surface area contributed by atoms with E-state index >= 15 is 0 Å². The van der Waals surface area contributed by atoms with Crippen molar-refractivity contribution in [1.82, 2.24) is 4.98 Å². The molecule has 2 N–H and O–H groups in total. The monoisotopic (exact) mass is 517 g/mol. The van der Waals surface area contributed by atoms with Crippen molar-refractivity contribution in [2.24, 2.45) is 0 Å². The van der Waals surface area contributed by atoms with E-state index in [4.69, 9.17) is 0 Å². The molecular weight excluding hydrogens is 499 g/mol. The van der Waals surface area contributed by atoms with Crippen molar-refractivity contribution in [1.29, 1.82) is 0 Å². The molecule has 2 amide bonds. The Hall–Kier alpha value is -3.46. The molecule has 0 unspecified atom stereocenters. The zero-order valence-corrected chi connectivity index (χ0v) is 19.0. The normalized spacial score (nSPS) is 11.4. The molecule has 5 nitrogen and oxygen atoms in total. The average Bonchev–Trinajstić information content (AvgIpc) is 2.79. The lowest BCUT2D eigenvalue weighted by Crippen LogP contribution is -2.16. The number of alkyl halides is 4. The second-order valence-electron chi connectivity index (χ2n) is 7.10. The number of carbonyl (C=O) groups is 2. The van der Waals surface area contributed by atoms with Gasteiger partial charge in [-0.25, -0.2) is 0 Å². The lowest BCUT2D eigenvalue weighted by molar-refractivity contribution is -0.138. The number of halogens is 4. The van der Waals surface area contributed by atoms with Crippen LogP contribution in [-0.4, -0.2) is 16.8 Å². The minimum absolute atomic E-state index is 0.0139. The van der Waals surface area contributed by atoms with Crippen LogP contribution in [0.15, 0.2) is 67.0 Å². The summed E-state index contributed by atoms with van der Waals surface area (Å²) in [5, 5.41) is 5.32. The number of nitrogens with zero attached hydrogens (tertiary/aromatic N) is 1. The molecule has 0 saturated heterocycles. The molecule has 0 aliphatic carbocycles. The number of aryl methyl sites for hydroxylation is 1. The molecule has 0 atom stereocenters. The number of rotatable bonds is 6. The molecule has 2 aromatic carbocycles. The summed E-state index contributed by atoms with van der Waals surface area (Å²) in [5.41, 5.74) is 1.34. The Labute approximate surface area is 196 Å². The van der Waals surface area contributed by atoms with Crippen LogP contribution in [0, 0.1) is 6.92 Å². The summed E-state index contributed by atoms with van der Waals surface area (Å²) in [4.78, 5) is 28.8. The van der Waals surface area contributed by atoms with E-state index < -0.39 is 17.6 Å². The van der Waals surface area contributed by atoms with Gasteiger partial charge in [0.05, 0.1) is 5.56 Å². The highest BCUT2D eigenvalue weighted by Crippen LogP contribution is 2.34. The molecule has 0 spiro atoms. The Bertz CT molecular complexity index is 1200. The van der Waals surface area contributed by atoms with Crippen molar-refractivity contribution in [3.8, 4) is 0 Å². The van der Waals surface area contributed by atoms with E-state index in [-0.39, 0.29) is 22.4 Å². The largest absolute Gasteiger partial charge is 0.416 e. The van der Waals surface area contributed by atoms with Crippen molar-refractivity contribution >= 4 is 45.2 Å². The molecule has 0 fully saturated rings. The summed E-state index contributed by atoms with van der Waals surface area (Å²) in [7, 11) is 0. The van der Waals surface area contributed by atoms with E-state index in [1.54, 1.807) is 55.7 Å². The number of amides is 2. The number of nitrogens with one attached hydrogen (secondary N) is 2. The number of pyridine rings is 1. The second-order valence-corrected chi connectivity index (χ2v) is 7.66. The van der Waals surface area contributed by atoms with Crippen LogP contribution in [0.4, 0.5) is 24.5 Å². The first-order valence-corrected chi connectivity index (χ1v) is 10.9. The van der Waals surface area contributed by atoms with Crippen LogP contribution in [0.2, 0.25) is 0 Å². The van der Waals surface area contributed by atoms with Crippen molar-refractivity contribution in [2.45, 2.75) is 18.4 Å². The van der Waals surface area contributed by atoms with E-state index in [0.29, 0.717) is 11.4 Å². The molecule has 0 saturated carbocycles. The van der Waals surface area contributed by atoms with Crippen molar-refractivity contribution in [2.75, 3.05) is 10.6 Å². The van der Waals surface area contributed by atoms with Crippen LogP contribution in [0.3, 0.4) is 0 Å². The van der Waals surface area contributed by atoms with Crippen molar-refractivity contribution in [3.05, 3.63) is 94.8 Å². The lowest BCUT2D eigenvalue weighted by Gasteiger charge is -2.14. The van der Waals surface area contributed by atoms with E-state index in [2.05, 4.69) is 31.5 Å². The quantitative estimate of drug-likeness (QED) is 0.301. The van der Waals surface area contributed by atoms with Crippen molar-refractivity contribution in [3.63, 3.8) is 0 Å². The number of hydrogen-bond acceptors (Lipinski definition) is 3. The maximum atomic E-state index is 13.3. The fourth-order valence-corrected chi connectivity index (χ4v) is 3.45. The minimum Gasteiger partial charge on any atom is -0.322 e. The van der Waals surface area contributed by atoms with Gasteiger partial charge in [0.2, 0.25) is 5.91 Å². The molecule has 0 radical (unpaired) electrons. The number of anilines is 2. The second kappa shape index (κ2) is 10.4. The SMILES string of the molecule is Cc1ccc(NC(=O)c2ccc(CBr)c(C(F)(F)F)c2)cc1NC(=O)/C=C/c1cccnc1. The third-order valence-electron chi connectivity index (χ3n) is 4.69. The van der Waals surface area contributed by atoms with Gasteiger partial charge >= 0.3 is 6.18 Å². The Morgan fingerprint density at radius 3 is 2.55 bits per heavy atom. The Morgan fingerprint density at radius 1 is 1.09 bits per heavy atom. The highest BCUT2D eigenvalue weighted by atomic mass is 79.9. The Balaban J connectivity index is 1.75. The Kier molecular flexibility index (Phi) is 7.65. The first-order valence-electron chi connectivity index (χ1n) is 9.74. The molecular formula is C24H19BrF3N3O2. The maximum absolute atomic E-state index is 13.3. The predicted octanol–water partition coefficient (Wildman–Crippen LogP) is 6.21. The third-order valence-corrected chi connectivity index (χ3v) is 5.29. The van der Waals surface area contributed by atoms with Gasteiger partial charge in [0.15, 0.2) is 0 Å². The third kappa shape index (κ3) is 6.52. The molecule has 1 heterocycles. The number of carbonyl (C=O) groups excluding carboxylic acids is 2. The lowest BCUT2D eigenvalue weighted by atomic mass is 10.0. The zero-order chi connectivity index (χ0) is 24.0. The molecule has 0 aliphatic heterocycles. The highest BCUT2D eigenvalue weighted by Gasteiger charge is 2.33. The smallest absolute Gasteiger partial charge is 0.322 e. The Morgan fingerprint density at radius 2 is 1.88 bits per heavy atom. The van der Waals surface area contributed by atoms with Crippen LogP contribution in [0.25, 0.3) is 6.08 Å².